The lowest BCUT2D eigenvalue weighted by Crippen LogP contribution is -2.39. The van der Waals surface area contributed by atoms with Crippen molar-refractivity contribution in [3.8, 4) is 0 Å². The summed E-state index contributed by atoms with van der Waals surface area (Å²) in [6.45, 7) is 5.71. The molecule has 0 amide bonds. The SMILES string of the molecule is C=Cc1ccccc1CN[SiH]1CCCCO1. The van der Waals surface area contributed by atoms with Gasteiger partial charge in [-0.05, 0) is 23.6 Å². The molecule has 1 fully saturated rings. The highest BCUT2D eigenvalue weighted by atomic mass is 28.3. The highest BCUT2D eigenvalue weighted by molar-refractivity contribution is 6.49. The summed E-state index contributed by atoms with van der Waals surface area (Å²) in [5.41, 5.74) is 2.54. The Morgan fingerprint density at radius 3 is 3.00 bits per heavy atom. The monoisotopic (exact) mass is 233 g/mol. The van der Waals surface area contributed by atoms with E-state index in [0.29, 0.717) is 0 Å². The van der Waals surface area contributed by atoms with Crippen LogP contribution in [0.1, 0.15) is 24.0 Å². The standard InChI is InChI=1S/C13H19NOSi/c1-2-12-7-3-4-8-13(12)11-14-16-10-6-5-9-15-16/h2-4,7-8,14,16H,1,5-6,9-11H2. The minimum absolute atomic E-state index is 0.916. The number of nitrogens with one attached hydrogen (secondary N) is 1. The third kappa shape index (κ3) is 3.04. The largest absolute Gasteiger partial charge is 0.406 e. The van der Waals surface area contributed by atoms with E-state index in [1.807, 2.05) is 6.08 Å². The minimum Gasteiger partial charge on any atom is -0.406 e. The quantitative estimate of drug-likeness (QED) is 0.807. The van der Waals surface area contributed by atoms with Gasteiger partial charge in [-0.1, -0.05) is 43.3 Å². The van der Waals surface area contributed by atoms with E-state index in [1.54, 1.807) is 0 Å². The normalized spacial score (nSPS) is 20.6. The van der Waals surface area contributed by atoms with Gasteiger partial charge in [0.15, 0.2) is 0 Å². The third-order valence-corrected chi connectivity index (χ3v) is 5.21. The first-order valence-corrected chi connectivity index (χ1v) is 7.82. The summed E-state index contributed by atoms with van der Waals surface area (Å²) < 4.78 is 5.78. The van der Waals surface area contributed by atoms with Crippen LogP contribution in [0.25, 0.3) is 6.08 Å². The van der Waals surface area contributed by atoms with E-state index in [4.69, 9.17) is 4.43 Å². The Labute approximate surface area is 99.1 Å². The number of benzene rings is 1. The summed E-state index contributed by atoms with van der Waals surface area (Å²) in [4.78, 5) is 3.58. The molecule has 2 nitrogen and oxygen atoms in total. The van der Waals surface area contributed by atoms with Crippen LogP contribution in [-0.2, 0) is 11.0 Å². The zero-order valence-corrected chi connectivity index (χ0v) is 10.8. The van der Waals surface area contributed by atoms with Crippen LogP contribution in [0.4, 0.5) is 0 Å². The Kier molecular flexibility index (Phi) is 4.33. The lowest BCUT2D eigenvalue weighted by molar-refractivity contribution is 0.278. The van der Waals surface area contributed by atoms with Crippen LogP contribution in [0.5, 0.6) is 0 Å². The summed E-state index contributed by atoms with van der Waals surface area (Å²) in [5.74, 6) is 0. The maximum atomic E-state index is 5.78. The predicted molar refractivity (Wildman–Crippen MR) is 70.5 cm³/mol. The first-order valence-electron chi connectivity index (χ1n) is 5.95. The molecule has 1 aromatic rings. The van der Waals surface area contributed by atoms with E-state index in [-0.39, 0.29) is 0 Å². The van der Waals surface area contributed by atoms with Crippen molar-refractivity contribution >= 4 is 15.3 Å². The van der Waals surface area contributed by atoms with E-state index < -0.39 is 9.20 Å². The molecule has 0 aliphatic carbocycles. The van der Waals surface area contributed by atoms with E-state index in [1.165, 1.54) is 30.0 Å². The van der Waals surface area contributed by atoms with Gasteiger partial charge < -0.3 is 9.41 Å². The van der Waals surface area contributed by atoms with Crippen LogP contribution in [-0.4, -0.2) is 15.8 Å². The highest BCUT2D eigenvalue weighted by Gasteiger charge is 2.15. The number of hydrogen-bond donors (Lipinski definition) is 1. The van der Waals surface area contributed by atoms with Gasteiger partial charge in [0.05, 0.1) is 0 Å². The summed E-state index contributed by atoms with van der Waals surface area (Å²) in [5, 5.41) is 0. The van der Waals surface area contributed by atoms with Crippen LogP contribution in [0.2, 0.25) is 6.04 Å². The topological polar surface area (TPSA) is 21.3 Å². The van der Waals surface area contributed by atoms with E-state index in [9.17, 15) is 0 Å². The zero-order valence-electron chi connectivity index (χ0n) is 9.61. The number of rotatable bonds is 4. The average molecular weight is 233 g/mol. The molecule has 0 radical (unpaired) electrons. The molecule has 3 heteroatoms. The molecule has 0 bridgehead atoms. The van der Waals surface area contributed by atoms with Crippen molar-refractivity contribution in [1.82, 2.24) is 4.98 Å². The Balaban J connectivity index is 1.90. The fourth-order valence-electron chi connectivity index (χ4n) is 2.02. The second-order valence-corrected chi connectivity index (χ2v) is 6.44. The molecule has 1 heterocycles. The van der Waals surface area contributed by atoms with Crippen LogP contribution in [0, 0.1) is 0 Å². The third-order valence-electron chi connectivity index (χ3n) is 2.97. The van der Waals surface area contributed by atoms with Crippen molar-refractivity contribution in [3.63, 3.8) is 0 Å². The van der Waals surface area contributed by atoms with E-state index in [0.717, 1.165) is 13.2 Å². The van der Waals surface area contributed by atoms with Gasteiger partial charge in [-0.2, -0.15) is 0 Å². The fourth-order valence-corrected chi connectivity index (χ4v) is 4.07. The van der Waals surface area contributed by atoms with Crippen LogP contribution >= 0.6 is 0 Å². The average Bonchev–Trinajstić information content (AvgIpc) is 2.38. The van der Waals surface area contributed by atoms with Crippen molar-refractivity contribution in [1.29, 1.82) is 0 Å². The maximum absolute atomic E-state index is 5.78. The van der Waals surface area contributed by atoms with Gasteiger partial charge >= 0.3 is 0 Å². The second kappa shape index (κ2) is 5.99. The minimum atomic E-state index is -1.11. The molecular weight excluding hydrogens is 214 g/mol. The second-order valence-electron chi connectivity index (χ2n) is 4.14. The van der Waals surface area contributed by atoms with Crippen molar-refractivity contribution in [2.24, 2.45) is 0 Å². The smallest absolute Gasteiger partial charge is 0.252 e. The van der Waals surface area contributed by atoms with Crippen LogP contribution in [0.3, 0.4) is 0 Å². The van der Waals surface area contributed by atoms with E-state index >= 15 is 0 Å². The van der Waals surface area contributed by atoms with Crippen molar-refractivity contribution in [2.75, 3.05) is 6.61 Å². The molecule has 1 aliphatic rings. The Bertz CT molecular complexity index is 348. The van der Waals surface area contributed by atoms with Crippen LogP contribution in [0.15, 0.2) is 30.8 Å². The van der Waals surface area contributed by atoms with E-state index in [2.05, 4.69) is 35.8 Å². The molecule has 1 atom stereocenters. The molecule has 16 heavy (non-hydrogen) atoms. The summed E-state index contributed by atoms with van der Waals surface area (Å²) in [6.07, 6.45) is 4.47. The van der Waals surface area contributed by atoms with Crippen molar-refractivity contribution < 1.29 is 4.43 Å². The van der Waals surface area contributed by atoms with Gasteiger partial charge in [-0.15, -0.1) is 0 Å². The lowest BCUT2D eigenvalue weighted by atomic mass is 10.1. The van der Waals surface area contributed by atoms with Gasteiger partial charge in [0.1, 0.15) is 0 Å². The van der Waals surface area contributed by atoms with Gasteiger partial charge in [-0.3, -0.25) is 0 Å². The fraction of sp³-hybridized carbons (Fsp3) is 0.385. The van der Waals surface area contributed by atoms with Gasteiger partial charge in [-0.25, -0.2) is 0 Å². The maximum Gasteiger partial charge on any atom is 0.252 e. The zero-order chi connectivity index (χ0) is 11.2. The van der Waals surface area contributed by atoms with Gasteiger partial charge in [0.2, 0.25) is 0 Å². The molecule has 1 unspecified atom stereocenters. The Morgan fingerprint density at radius 2 is 2.25 bits per heavy atom. The molecular formula is C13H19NOSi. The Hall–Kier alpha value is -0.903. The van der Waals surface area contributed by atoms with Crippen molar-refractivity contribution in [3.05, 3.63) is 42.0 Å². The summed E-state index contributed by atoms with van der Waals surface area (Å²) in [7, 11) is -1.11. The number of hydrogen-bond acceptors (Lipinski definition) is 2. The molecule has 0 aromatic heterocycles. The molecule has 1 aromatic carbocycles. The van der Waals surface area contributed by atoms with Crippen molar-refractivity contribution in [2.45, 2.75) is 25.4 Å². The highest BCUT2D eigenvalue weighted by Crippen LogP contribution is 2.12. The van der Waals surface area contributed by atoms with Gasteiger partial charge in [0, 0.05) is 13.2 Å². The Morgan fingerprint density at radius 1 is 1.38 bits per heavy atom. The lowest BCUT2D eigenvalue weighted by Gasteiger charge is -2.22. The van der Waals surface area contributed by atoms with Crippen LogP contribution < -0.4 is 4.98 Å². The molecule has 1 saturated heterocycles. The molecule has 0 spiro atoms. The first kappa shape index (κ1) is 11.6. The molecule has 1 N–H and O–H groups in total. The predicted octanol–water partition coefficient (Wildman–Crippen LogP) is 2.45. The molecule has 86 valence electrons. The summed E-state index contributed by atoms with van der Waals surface area (Å²) in [6, 6.07) is 9.65. The molecule has 2 rings (SSSR count). The first-order chi connectivity index (χ1) is 7.90. The van der Waals surface area contributed by atoms with Gasteiger partial charge in [0.25, 0.3) is 9.20 Å². The summed E-state index contributed by atoms with van der Waals surface area (Å²) >= 11 is 0. The molecule has 0 saturated carbocycles. The molecule has 1 aliphatic heterocycles.